The lowest BCUT2D eigenvalue weighted by Crippen LogP contribution is -2.22. The van der Waals surface area contributed by atoms with Gasteiger partial charge in [0.05, 0.1) is 11.1 Å². The molecule has 0 aliphatic carbocycles. The number of hydrogen-bond donors (Lipinski definition) is 1. The summed E-state index contributed by atoms with van der Waals surface area (Å²) in [5.41, 5.74) is 2.13. The van der Waals surface area contributed by atoms with E-state index < -0.39 is 0 Å². The van der Waals surface area contributed by atoms with Gasteiger partial charge in [0, 0.05) is 6.04 Å². The Morgan fingerprint density at radius 1 is 1.44 bits per heavy atom. The van der Waals surface area contributed by atoms with Gasteiger partial charge in [-0.25, -0.2) is 4.39 Å². The van der Waals surface area contributed by atoms with Crippen LogP contribution in [0.3, 0.4) is 0 Å². The Kier molecular flexibility index (Phi) is 4.38. The summed E-state index contributed by atoms with van der Waals surface area (Å²) in [6, 6.07) is 5.13. The maximum absolute atomic E-state index is 13.1. The van der Waals surface area contributed by atoms with Gasteiger partial charge in [-0.3, -0.25) is 0 Å². The lowest BCUT2D eigenvalue weighted by Gasteiger charge is -2.16. The van der Waals surface area contributed by atoms with Gasteiger partial charge in [-0.2, -0.15) is 0 Å². The van der Waals surface area contributed by atoms with Crippen LogP contribution < -0.4 is 5.32 Å². The summed E-state index contributed by atoms with van der Waals surface area (Å²) in [5.74, 6) is -0.185. The van der Waals surface area contributed by atoms with Crippen LogP contribution in [-0.4, -0.2) is 16.1 Å². The van der Waals surface area contributed by atoms with Crippen LogP contribution in [0, 0.1) is 12.7 Å². The van der Waals surface area contributed by atoms with E-state index in [9.17, 15) is 4.39 Å². The van der Waals surface area contributed by atoms with Crippen LogP contribution >= 0.6 is 11.5 Å². The third kappa shape index (κ3) is 3.11. The van der Waals surface area contributed by atoms with Crippen molar-refractivity contribution in [2.75, 3.05) is 6.54 Å². The first-order valence-electron chi connectivity index (χ1n) is 5.96. The molecular formula is C13H16FN3S. The minimum absolute atomic E-state index is 0.185. The number of nitrogens with one attached hydrogen (secondary N) is 1. The van der Waals surface area contributed by atoms with Crippen LogP contribution in [0.25, 0.3) is 0 Å². The largest absolute Gasteiger partial charge is 0.309 e. The molecule has 1 atom stereocenters. The lowest BCUT2D eigenvalue weighted by molar-refractivity contribution is 0.554. The Hall–Kier alpha value is -1.33. The summed E-state index contributed by atoms with van der Waals surface area (Å²) in [6.07, 6.45) is 2.61. The smallest absolute Gasteiger partial charge is 0.123 e. The number of hydrogen-bond acceptors (Lipinski definition) is 4. The highest BCUT2D eigenvalue weighted by Crippen LogP contribution is 2.22. The van der Waals surface area contributed by atoms with Crippen LogP contribution in [0.4, 0.5) is 4.39 Å². The van der Waals surface area contributed by atoms with Crippen LogP contribution in [-0.2, 0) is 6.42 Å². The van der Waals surface area contributed by atoms with E-state index in [-0.39, 0.29) is 11.9 Å². The van der Waals surface area contributed by atoms with Crippen molar-refractivity contribution in [3.63, 3.8) is 0 Å². The molecule has 1 unspecified atom stereocenters. The van der Waals surface area contributed by atoms with E-state index >= 15 is 0 Å². The topological polar surface area (TPSA) is 37.8 Å². The first kappa shape index (κ1) is 13.1. The van der Waals surface area contributed by atoms with Crippen LogP contribution in [0.5, 0.6) is 0 Å². The van der Waals surface area contributed by atoms with E-state index in [0.29, 0.717) is 0 Å². The lowest BCUT2D eigenvalue weighted by atomic mass is 10.0. The first-order chi connectivity index (χ1) is 8.70. The molecule has 1 aromatic carbocycles. The summed E-state index contributed by atoms with van der Waals surface area (Å²) < 4.78 is 17.0. The fraction of sp³-hybridized carbons (Fsp3) is 0.385. The highest BCUT2D eigenvalue weighted by molar-refractivity contribution is 7.05. The number of halogens is 1. The number of aryl methyl sites for hydroxylation is 1. The van der Waals surface area contributed by atoms with Gasteiger partial charge in [-0.1, -0.05) is 17.5 Å². The number of nitrogens with zero attached hydrogens (tertiary/aromatic N) is 2. The molecule has 3 nitrogen and oxygen atoms in total. The van der Waals surface area contributed by atoms with Gasteiger partial charge in [0.25, 0.3) is 0 Å². The molecule has 0 bridgehead atoms. The molecule has 1 aromatic heterocycles. The van der Waals surface area contributed by atoms with Gasteiger partial charge in [0.1, 0.15) is 5.82 Å². The molecule has 0 saturated heterocycles. The van der Waals surface area contributed by atoms with Gasteiger partial charge in [0.2, 0.25) is 0 Å². The molecule has 96 valence electrons. The van der Waals surface area contributed by atoms with E-state index in [1.165, 1.54) is 17.6 Å². The number of aromatic nitrogens is 2. The van der Waals surface area contributed by atoms with Gasteiger partial charge < -0.3 is 5.32 Å². The third-order valence-corrected chi connectivity index (χ3v) is 3.68. The highest BCUT2D eigenvalue weighted by atomic mass is 32.1. The van der Waals surface area contributed by atoms with Crippen molar-refractivity contribution < 1.29 is 4.39 Å². The van der Waals surface area contributed by atoms with Crippen molar-refractivity contribution in [2.24, 2.45) is 0 Å². The van der Waals surface area contributed by atoms with Crippen molar-refractivity contribution in [3.05, 3.63) is 46.2 Å². The molecule has 0 amide bonds. The second kappa shape index (κ2) is 6.02. The van der Waals surface area contributed by atoms with Crippen molar-refractivity contribution in [1.82, 2.24) is 14.9 Å². The van der Waals surface area contributed by atoms with E-state index in [2.05, 4.69) is 21.8 Å². The zero-order valence-electron chi connectivity index (χ0n) is 10.5. The van der Waals surface area contributed by atoms with E-state index in [4.69, 9.17) is 0 Å². The summed E-state index contributed by atoms with van der Waals surface area (Å²) in [7, 11) is 0. The maximum Gasteiger partial charge on any atom is 0.123 e. The van der Waals surface area contributed by atoms with Gasteiger partial charge in [-0.05, 0) is 54.7 Å². The van der Waals surface area contributed by atoms with E-state index in [0.717, 1.165) is 29.0 Å². The van der Waals surface area contributed by atoms with E-state index in [1.807, 2.05) is 13.0 Å². The summed E-state index contributed by atoms with van der Waals surface area (Å²) >= 11 is 1.40. The normalized spacial score (nSPS) is 12.6. The molecule has 18 heavy (non-hydrogen) atoms. The maximum atomic E-state index is 13.1. The van der Waals surface area contributed by atoms with Gasteiger partial charge in [-0.15, -0.1) is 5.10 Å². The molecule has 1 heterocycles. The molecule has 0 spiro atoms. The Morgan fingerprint density at radius 3 is 2.89 bits per heavy atom. The van der Waals surface area contributed by atoms with Crippen LogP contribution in [0.2, 0.25) is 0 Å². The van der Waals surface area contributed by atoms with E-state index in [1.54, 1.807) is 12.3 Å². The second-order valence-electron chi connectivity index (χ2n) is 4.21. The number of likely N-dealkylation sites (N-methyl/N-ethyl adjacent to an activating group) is 1. The van der Waals surface area contributed by atoms with Crippen LogP contribution in [0.1, 0.15) is 29.0 Å². The fourth-order valence-corrected chi connectivity index (χ4v) is 2.53. The Morgan fingerprint density at radius 2 is 2.28 bits per heavy atom. The Bertz CT molecular complexity index is 499. The summed E-state index contributed by atoms with van der Waals surface area (Å²) in [4.78, 5) is 1.11. The third-order valence-electron chi connectivity index (χ3n) is 2.90. The molecule has 0 saturated carbocycles. The minimum atomic E-state index is -0.185. The molecule has 0 radical (unpaired) electrons. The average molecular weight is 265 g/mol. The fourth-order valence-electron chi connectivity index (χ4n) is 1.96. The quantitative estimate of drug-likeness (QED) is 0.903. The molecule has 2 aromatic rings. The molecule has 5 heteroatoms. The number of benzene rings is 1. The minimum Gasteiger partial charge on any atom is -0.309 e. The zero-order valence-corrected chi connectivity index (χ0v) is 11.3. The Balaban J connectivity index is 2.18. The SMILES string of the molecule is CCNC(Cc1ccc(F)cc1C)c1cnns1. The van der Waals surface area contributed by atoms with Crippen molar-refractivity contribution in [2.45, 2.75) is 26.3 Å². The second-order valence-corrected chi connectivity index (χ2v) is 5.02. The summed E-state index contributed by atoms with van der Waals surface area (Å²) in [6.45, 7) is 4.88. The molecule has 0 aliphatic rings. The standard InChI is InChI=1S/C13H16FN3S/c1-3-15-12(13-8-16-17-18-13)7-10-4-5-11(14)6-9(10)2/h4-6,8,12,15H,3,7H2,1-2H3. The predicted octanol–water partition coefficient (Wildman–Crippen LogP) is 2.88. The Labute approximate surface area is 110 Å². The van der Waals surface area contributed by atoms with Crippen LogP contribution in [0.15, 0.2) is 24.4 Å². The molecule has 0 fully saturated rings. The number of rotatable bonds is 5. The molecule has 2 rings (SSSR count). The monoisotopic (exact) mass is 265 g/mol. The average Bonchev–Trinajstić information content (AvgIpc) is 2.85. The summed E-state index contributed by atoms with van der Waals surface area (Å²) in [5, 5.41) is 7.28. The predicted molar refractivity (Wildman–Crippen MR) is 71.2 cm³/mol. The van der Waals surface area contributed by atoms with Crippen molar-refractivity contribution in [1.29, 1.82) is 0 Å². The highest BCUT2D eigenvalue weighted by Gasteiger charge is 2.14. The first-order valence-corrected chi connectivity index (χ1v) is 6.73. The van der Waals surface area contributed by atoms with Crippen molar-refractivity contribution in [3.8, 4) is 0 Å². The molecular weight excluding hydrogens is 249 g/mol. The van der Waals surface area contributed by atoms with Gasteiger partial charge >= 0.3 is 0 Å². The zero-order chi connectivity index (χ0) is 13.0. The van der Waals surface area contributed by atoms with Crippen molar-refractivity contribution >= 4 is 11.5 Å². The van der Waals surface area contributed by atoms with Gasteiger partial charge in [0.15, 0.2) is 0 Å². The molecule has 1 N–H and O–H groups in total. The molecule has 0 aliphatic heterocycles.